The minimum absolute atomic E-state index is 0. The largest absolute Gasteiger partial charge is 2.00 e. The zero-order chi connectivity index (χ0) is 19.9. The van der Waals surface area contributed by atoms with Gasteiger partial charge in [0.05, 0.1) is 17.2 Å². The van der Waals surface area contributed by atoms with Crippen LogP contribution in [-0.4, -0.2) is 58.4 Å². The van der Waals surface area contributed by atoms with E-state index in [9.17, 15) is 4.79 Å². The molecule has 5 rings (SSSR count). The number of rotatable bonds is 3. The van der Waals surface area contributed by atoms with Crippen LogP contribution in [0, 0.1) is 63.7 Å². The van der Waals surface area contributed by atoms with Crippen LogP contribution in [0.2, 0.25) is 0 Å². The summed E-state index contributed by atoms with van der Waals surface area (Å²) < 4.78 is 0. The van der Waals surface area contributed by atoms with Gasteiger partial charge in [-0.2, -0.15) is 0 Å². The van der Waals surface area contributed by atoms with Gasteiger partial charge in [-0.1, -0.05) is 12.1 Å². The topological polar surface area (TPSA) is 49.3 Å². The molecule has 152 valence electrons. The Labute approximate surface area is 191 Å². The second-order valence-electron chi connectivity index (χ2n) is 7.07. The average Bonchev–Trinajstić information content (AvgIpc) is 3.51. The van der Waals surface area contributed by atoms with Gasteiger partial charge in [-0.3, -0.25) is 14.7 Å². The summed E-state index contributed by atoms with van der Waals surface area (Å²) in [6, 6.07) is 7.62. The van der Waals surface area contributed by atoms with Gasteiger partial charge in [0.25, 0.3) is 5.91 Å². The van der Waals surface area contributed by atoms with Crippen molar-refractivity contribution in [2.75, 3.05) is 32.7 Å². The maximum atomic E-state index is 12.7. The van der Waals surface area contributed by atoms with E-state index in [0.29, 0.717) is 5.69 Å². The number of nitrogens with zero attached hydrogens (tertiary/aromatic N) is 4. The summed E-state index contributed by atoms with van der Waals surface area (Å²) in [6.45, 7) is 4.18. The molecule has 0 atom stereocenters. The maximum Gasteiger partial charge on any atom is 2.00 e. The Bertz CT molecular complexity index is 789. The standard InChI is InChI=1S/C19H19N4O.C5H5.Fe/c24-19(18-13-20-16-7-3-4-8-17(16)21-18)23-11-9-22(10-12-23)14-15-5-1-2-6-15;1-2-4-5-3-1;/h1-8,13H,9-12,14H2;1-5H;/q;;+2. The number of fused-ring (bicyclic) bond motifs is 1. The van der Waals surface area contributed by atoms with Crippen LogP contribution in [0.3, 0.4) is 0 Å². The van der Waals surface area contributed by atoms with Crippen molar-refractivity contribution < 1.29 is 21.9 Å². The molecule has 0 bridgehead atoms. The quantitative estimate of drug-likeness (QED) is 0.689. The summed E-state index contributed by atoms with van der Waals surface area (Å²) >= 11 is 0. The van der Waals surface area contributed by atoms with Crippen molar-refractivity contribution in [1.82, 2.24) is 19.8 Å². The van der Waals surface area contributed by atoms with E-state index in [4.69, 9.17) is 0 Å². The van der Waals surface area contributed by atoms with Gasteiger partial charge in [0, 0.05) is 32.7 Å². The SMILES string of the molecule is O=C(c1cnc2ccccc2n1)N1CCN(C[C]2[CH][CH][CH][CH]2)CC1.[CH]1[CH][CH][CH][CH]1.[Fe+2]. The number of carbonyl (C=O) groups is 1. The second-order valence-corrected chi connectivity index (χ2v) is 7.07. The Balaban J connectivity index is 0.000000376. The Morgan fingerprint density at radius 3 is 2.07 bits per heavy atom. The number of amides is 1. The fourth-order valence-corrected chi connectivity index (χ4v) is 3.43. The van der Waals surface area contributed by atoms with Crippen LogP contribution in [0.1, 0.15) is 10.5 Å². The molecule has 1 saturated heterocycles. The smallest absolute Gasteiger partial charge is 0.335 e. The van der Waals surface area contributed by atoms with Gasteiger partial charge in [0.1, 0.15) is 5.69 Å². The van der Waals surface area contributed by atoms with E-state index in [1.807, 2.05) is 61.3 Å². The number of benzene rings is 1. The first-order valence-electron chi connectivity index (χ1n) is 9.90. The van der Waals surface area contributed by atoms with Crippen molar-refractivity contribution >= 4 is 16.9 Å². The molecular weight excluding hydrogens is 416 g/mol. The van der Waals surface area contributed by atoms with Crippen LogP contribution >= 0.6 is 0 Å². The predicted octanol–water partition coefficient (Wildman–Crippen LogP) is 2.81. The molecular formula is C24H24FeN4O+2. The van der Waals surface area contributed by atoms with Crippen LogP contribution in [0.25, 0.3) is 11.0 Å². The minimum Gasteiger partial charge on any atom is -0.335 e. The molecule has 0 spiro atoms. The molecule has 2 aliphatic carbocycles. The van der Waals surface area contributed by atoms with Crippen LogP contribution in [0.4, 0.5) is 0 Å². The molecule has 1 amide bonds. The molecule has 30 heavy (non-hydrogen) atoms. The first kappa shape index (κ1) is 23.2. The van der Waals surface area contributed by atoms with Crippen LogP contribution in [0.5, 0.6) is 0 Å². The van der Waals surface area contributed by atoms with Crippen molar-refractivity contribution in [3.63, 3.8) is 0 Å². The summed E-state index contributed by atoms with van der Waals surface area (Å²) in [4.78, 5) is 25.7. The van der Waals surface area contributed by atoms with Crippen molar-refractivity contribution in [3.8, 4) is 0 Å². The van der Waals surface area contributed by atoms with Gasteiger partial charge >= 0.3 is 17.1 Å². The summed E-state index contributed by atoms with van der Waals surface area (Å²) in [5.74, 6) is 1.30. The number of hydrogen-bond donors (Lipinski definition) is 0. The number of carbonyl (C=O) groups excluding carboxylic acids is 1. The second kappa shape index (κ2) is 11.8. The summed E-state index contributed by atoms with van der Waals surface area (Å²) in [5.41, 5.74) is 2.00. The number of hydrogen-bond acceptors (Lipinski definition) is 4. The van der Waals surface area contributed by atoms with Crippen molar-refractivity contribution in [2.24, 2.45) is 0 Å². The van der Waals surface area contributed by atoms with E-state index in [2.05, 4.69) is 40.6 Å². The molecule has 1 aromatic heterocycles. The molecule has 2 aromatic rings. The molecule has 10 radical (unpaired) electrons. The molecule has 6 heteroatoms. The van der Waals surface area contributed by atoms with Crippen LogP contribution in [0.15, 0.2) is 30.5 Å². The molecule has 3 fully saturated rings. The third-order valence-electron chi connectivity index (χ3n) is 5.02. The summed E-state index contributed by atoms with van der Waals surface area (Å²) in [6.07, 6.45) is 20.0. The Morgan fingerprint density at radius 2 is 1.43 bits per heavy atom. The van der Waals surface area contributed by atoms with E-state index in [-0.39, 0.29) is 23.0 Å². The molecule has 0 N–H and O–H groups in total. The predicted molar refractivity (Wildman–Crippen MR) is 114 cm³/mol. The molecule has 3 aliphatic rings. The zero-order valence-electron chi connectivity index (χ0n) is 16.7. The van der Waals surface area contributed by atoms with Gasteiger partial charge in [0.2, 0.25) is 0 Å². The maximum absolute atomic E-state index is 12.7. The number of piperazine rings is 1. The van der Waals surface area contributed by atoms with Crippen molar-refractivity contribution in [2.45, 2.75) is 0 Å². The molecule has 1 aromatic carbocycles. The normalized spacial score (nSPS) is 19.9. The van der Waals surface area contributed by atoms with Crippen LogP contribution < -0.4 is 0 Å². The van der Waals surface area contributed by atoms with Gasteiger partial charge in [-0.25, -0.2) is 4.98 Å². The molecule has 2 saturated carbocycles. The van der Waals surface area contributed by atoms with Crippen LogP contribution in [-0.2, 0) is 17.1 Å². The molecule has 2 heterocycles. The monoisotopic (exact) mass is 440 g/mol. The fraction of sp³-hybridized carbons (Fsp3) is 0.208. The molecule has 0 unspecified atom stereocenters. The first-order chi connectivity index (χ1) is 14.3. The van der Waals surface area contributed by atoms with Gasteiger partial charge < -0.3 is 4.90 Å². The Morgan fingerprint density at radius 1 is 0.833 bits per heavy atom. The zero-order valence-corrected chi connectivity index (χ0v) is 17.8. The fourth-order valence-electron chi connectivity index (χ4n) is 3.43. The first-order valence-corrected chi connectivity index (χ1v) is 9.90. The Kier molecular flexibility index (Phi) is 9.10. The summed E-state index contributed by atoms with van der Waals surface area (Å²) in [7, 11) is 0. The number of para-hydroxylation sites is 2. The molecule has 5 nitrogen and oxygen atoms in total. The van der Waals surface area contributed by atoms with E-state index < -0.39 is 0 Å². The van der Waals surface area contributed by atoms with Gasteiger partial charge in [-0.15, -0.1) is 0 Å². The van der Waals surface area contributed by atoms with Gasteiger partial charge in [-0.05, 0) is 75.8 Å². The van der Waals surface area contributed by atoms with Gasteiger partial charge in [0.15, 0.2) is 0 Å². The van der Waals surface area contributed by atoms with E-state index in [1.165, 1.54) is 5.92 Å². The third kappa shape index (κ3) is 6.26. The molecule has 1 aliphatic heterocycles. The van der Waals surface area contributed by atoms with E-state index in [1.54, 1.807) is 6.20 Å². The number of aromatic nitrogens is 2. The Hall–Kier alpha value is -1.49. The average molecular weight is 440 g/mol. The third-order valence-corrected chi connectivity index (χ3v) is 5.02. The van der Waals surface area contributed by atoms with E-state index in [0.717, 1.165) is 43.8 Å². The van der Waals surface area contributed by atoms with Crippen molar-refractivity contribution in [1.29, 1.82) is 0 Å². The van der Waals surface area contributed by atoms with Crippen molar-refractivity contribution in [3.05, 3.63) is 99.9 Å². The minimum atomic E-state index is -0.0267. The summed E-state index contributed by atoms with van der Waals surface area (Å²) in [5, 5.41) is 0. The van der Waals surface area contributed by atoms with E-state index >= 15 is 0 Å².